The maximum Gasteiger partial charge on any atom is 0.00387 e. The molecule has 0 aromatic heterocycles. The average Bonchev–Trinajstić information content (AvgIpc) is 2.14. The van der Waals surface area contributed by atoms with Crippen molar-refractivity contribution < 1.29 is 0 Å². The number of hydrogen-bond acceptors (Lipinski definition) is 2. The number of unbranched alkanes of at least 4 members (excludes halogenated alkanes) is 1. The highest BCUT2D eigenvalue weighted by Gasteiger charge is 1.98. The quantitative estimate of drug-likeness (QED) is 0.539. The second-order valence-corrected chi connectivity index (χ2v) is 3.70. The topological polar surface area (TPSA) is 24.1 Å². The summed E-state index contributed by atoms with van der Waals surface area (Å²) < 4.78 is 0. The van der Waals surface area contributed by atoms with E-state index in [-0.39, 0.29) is 0 Å². The van der Waals surface area contributed by atoms with Crippen molar-refractivity contribution in [2.24, 2.45) is 0 Å². The van der Waals surface area contributed by atoms with Crippen LogP contribution in [0.5, 0.6) is 0 Å². The average molecular weight is 186 g/mol. The lowest BCUT2D eigenvalue weighted by Crippen LogP contribution is -2.29. The second kappa shape index (κ2) is 10.0. The smallest absolute Gasteiger partial charge is 0.00387 e. The Bertz CT molecular complexity index is 94.1. The fourth-order valence-electron chi connectivity index (χ4n) is 1.35. The highest BCUT2D eigenvalue weighted by molar-refractivity contribution is 4.60. The van der Waals surface area contributed by atoms with E-state index in [9.17, 15) is 0 Å². The molecule has 2 heteroatoms. The molecule has 0 aromatic rings. The van der Waals surface area contributed by atoms with Gasteiger partial charge < -0.3 is 10.6 Å². The molecule has 0 amide bonds. The summed E-state index contributed by atoms with van der Waals surface area (Å²) in [7, 11) is 0. The molecule has 0 aliphatic carbocycles. The summed E-state index contributed by atoms with van der Waals surface area (Å²) in [6.45, 7) is 10.1. The molecule has 0 saturated heterocycles. The third kappa shape index (κ3) is 9.84. The molecule has 0 spiro atoms. The zero-order chi connectivity index (χ0) is 9.94. The van der Waals surface area contributed by atoms with Crippen molar-refractivity contribution in [1.82, 2.24) is 10.6 Å². The molecule has 13 heavy (non-hydrogen) atoms. The molecule has 0 rings (SSSR count). The number of nitrogens with one attached hydrogen (secondary N) is 2. The third-order valence-electron chi connectivity index (χ3n) is 2.26. The van der Waals surface area contributed by atoms with Gasteiger partial charge in [0.2, 0.25) is 0 Å². The molecule has 1 unspecified atom stereocenters. The van der Waals surface area contributed by atoms with E-state index < -0.39 is 0 Å². The van der Waals surface area contributed by atoms with Gasteiger partial charge in [0, 0.05) is 6.04 Å². The molecule has 2 nitrogen and oxygen atoms in total. The van der Waals surface area contributed by atoms with Gasteiger partial charge >= 0.3 is 0 Å². The first-order valence-corrected chi connectivity index (χ1v) is 5.75. The van der Waals surface area contributed by atoms with E-state index in [1.54, 1.807) is 0 Å². The zero-order valence-electron chi connectivity index (χ0n) is 9.53. The molecule has 1 atom stereocenters. The fraction of sp³-hybridized carbons (Fsp3) is 1.00. The normalized spacial score (nSPS) is 13.2. The third-order valence-corrected chi connectivity index (χ3v) is 2.26. The van der Waals surface area contributed by atoms with Crippen LogP contribution >= 0.6 is 0 Å². The molecule has 0 saturated carbocycles. The Labute approximate surface area is 83.5 Å². The first-order chi connectivity index (χ1) is 6.31. The van der Waals surface area contributed by atoms with E-state index in [1.807, 2.05) is 0 Å². The maximum atomic E-state index is 3.54. The monoisotopic (exact) mass is 186 g/mol. The summed E-state index contributed by atoms with van der Waals surface area (Å²) >= 11 is 0. The molecule has 0 aliphatic rings. The van der Waals surface area contributed by atoms with Crippen LogP contribution in [0.2, 0.25) is 0 Å². The Kier molecular flexibility index (Phi) is 9.94. The van der Waals surface area contributed by atoms with Crippen molar-refractivity contribution in [1.29, 1.82) is 0 Å². The molecule has 0 heterocycles. The van der Waals surface area contributed by atoms with Crippen molar-refractivity contribution >= 4 is 0 Å². The predicted octanol–water partition coefficient (Wildman–Crippen LogP) is 2.15. The molecule has 80 valence electrons. The van der Waals surface area contributed by atoms with E-state index in [0.717, 1.165) is 19.6 Å². The van der Waals surface area contributed by atoms with Crippen molar-refractivity contribution in [3.8, 4) is 0 Å². The lowest BCUT2D eigenvalue weighted by atomic mass is 10.1. The van der Waals surface area contributed by atoms with Gasteiger partial charge in [-0.1, -0.05) is 26.7 Å². The second-order valence-electron chi connectivity index (χ2n) is 3.70. The highest BCUT2D eigenvalue weighted by atomic mass is 14.9. The van der Waals surface area contributed by atoms with Crippen LogP contribution in [0.15, 0.2) is 0 Å². The van der Waals surface area contributed by atoms with Gasteiger partial charge in [-0.3, -0.25) is 0 Å². The van der Waals surface area contributed by atoms with Crippen LogP contribution in [0, 0.1) is 0 Å². The predicted molar refractivity (Wildman–Crippen MR) is 60.2 cm³/mol. The van der Waals surface area contributed by atoms with Crippen molar-refractivity contribution in [3.05, 3.63) is 0 Å². The van der Waals surface area contributed by atoms with Crippen LogP contribution in [0.3, 0.4) is 0 Å². The molecule has 0 fully saturated rings. The van der Waals surface area contributed by atoms with E-state index in [2.05, 4.69) is 31.4 Å². The van der Waals surface area contributed by atoms with Crippen LogP contribution in [0.1, 0.15) is 46.5 Å². The van der Waals surface area contributed by atoms with Crippen LogP contribution in [0.25, 0.3) is 0 Å². The Morgan fingerprint density at radius 2 is 1.85 bits per heavy atom. The SMILES string of the molecule is CCCCC(C)NCCCNCC. The summed E-state index contributed by atoms with van der Waals surface area (Å²) in [5.41, 5.74) is 0. The molecular formula is C11H26N2. The van der Waals surface area contributed by atoms with Crippen LogP contribution < -0.4 is 10.6 Å². The van der Waals surface area contributed by atoms with E-state index in [4.69, 9.17) is 0 Å². The number of rotatable bonds is 9. The van der Waals surface area contributed by atoms with Crippen LogP contribution in [-0.4, -0.2) is 25.7 Å². The summed E-state index contributed by atoms with van der Waals surface area (Å²) in [5, 5.41) is 6.86. The van der Waals surface area contributed by atoms with Crippen molar-refractivity contribution in [2.75, 3.05) is 19.6 Å². The summed E-state index contributed by atoms with van der Waals surface area (Å²) in [6.07, 6.45) is 5.22. The highest BCUT2D eigenvalue weighted by Crippen LogP contribution is 1.98. The first kappa shape index (κ1) is 12.9. The standard InChI is InChI=1S/C11H26N2/c1-4-6-8-11(3)13-10-7-9-12-5-2/h11-13H,4-10H2,1-3H3. The van der Waals surface area contributed by atoms with Gasteiger partial charge in [0.05, 0.1) is 0 Å². The largest absolute Gasteiger partial charge is 0.317 e. The summed E-state index contributed by atoms with van der Waals surface area (Å²) in [4.78, 5) is 0. The minimum atomic E-state index is 0.696. The van der Waals surface area contributed by atoms with Gasteiger partial charge in [0.15, 0.2) is 0 Å². The van der Waals surface area contributed by atoms with Gasteiger partial charge in [-0.05, 0) is 39.4 Å². The first-order valence-electron chi connectivity index (χ1n) is 5.75. The minimum absolute atomic E-state index is 0.696. The molecule has 0 aliphatic heterocycles. The summed E-state index contributed by atoms with van der Waals surface area (Å²) in [5.74, 6) is 0. The van der Waals surface area contributed by atoms with E-state index >= 15 is 0 Å². The molecule has 0 bridgehead atoms. The maximum absolute atomic E-state index is 3.54. The van der Waals surface area contributed by atoms with Gasteiger partial charge in [0.25, 0.3) is 0 Å². The van der Waals surface area contributed by atoms with Crippen LogP contribution in [0.4, 0.5) is 0 Å². The van der Waals surface area contributed by atoms with Crippen molar-refractivity contribution in [2.45, 2.75) is 52.5 Å². The fourth-order valence-corrected chi connectivity index (χ4v) is 1.35. The summed E-state index contributed by atoms with van der Waals surface area (Å²) in [6, 6.07) is 0.696. The van der Waals surface area contributed by atoms with Gasteiger partial charge in [-0.25, -0.2) is 0 Å². The van der Waals surface area contributed by atoms with E-state index in [0.29, 0.717) is 6.04 Å². The Balaban J connectivity index is 3.03. The van der Waals surface area contributed by atoms with Gasteiger partial charge in [-0.15, -0.1) is 0 Å². The Hall–Kier alpha value is -0.0800. The molecular weight excluding hydrogens is 160 g/mol. The van der Waals surface area contributed by atoms with Crippen LogP contribution in [-0.2, 0) is 0 Å². The van der Waals surface area contributed by atoms with Gasteiger partial charge in [-0.2, -0.15) is 0 Å². The Morgan fingerprint density at radius 1 is 1.08 bits per heavy atom. The molecule has 0 aromatic carbocycles. The zero-order valence-corrected chi connectivity index (χ0v) is 9.53. The van der Waals surface area contributed by atoms with E-state index in [1.165, 1.54) is 25.7 Å². The minimum Gasteiger partial charge on any atom is -0.317 e. The van der Waals surface area contributed by atoms with Crippen molar-refractivity contribution in [3.63, 3.8) is 0 Å². The molecule has 0 radical (unpaired) electrons. The van der Waals surface area contributed by atoms with Gasteiger partial charge in [0.1, 0.15) is 0 Å². The Morgan fingerprint density at radius 3 is 2.46 bits per heavy atom. The number of hydrogen-bond donors (Lipinski definition) is 2. The lowest BCUT2D eigenvalue weighted by Gasteiger charge is -2.12. The molecule has 2 N–H and O–H groups in total. The lowest BCUT2D eigenvalue weighted by molar-refractivity contribution is 0.484.